The summed E-state index contributed by atoms with van der Waals surface area (Å²) in [5.41, 5.74) is 20.9. The SMILES string of the molecule is c1ccc(-c2cccc(-c3ccc(N(c4ccc(-c5cccc6c7ccccc7n(-c7ccccc7)c56)cc4)c4cccc(-c5ccccc5)c4-c4ccccc4-c4ccccc4)cc3)c2)cc1. The highest BCUT2D eigenvalue weighted by Gasteiger charge is 2.24. The van der Waals surface area contributed by atoms with Crippen LogP contribution >= 0.6 is 0 Å². The fourth-order valence-corrected chi connectivity index (χ4v) is 10.1. The molecule has 2 heteroatoms. The van der Waals surface area contributed by atoms with Crippen LogP contribution in [0.15, 0.2) is 279 Å². The summed E-state index contributed by atoms with van der Waals surface area (Å²) >= 11 is 0. The Bertz CT molecular complexity index is 3690. The molecule has 0 spiro atoms. The van der Waals surface area contributed by atoms with Crippen molar-refractivity contribution in [2.75, 3.05) is 4.90 Å². The highest BCUT2D eigenvalue weighted by Crippen LogP contribution is 2.49. The maximum atomic E-state index is 2.44. The highest BCUT2D eigenvalue weighted by molar-refractivity contribution is 6.14. The van der Waals surface area contributed by atoms with Crippen LogP contribution < -0.4 is 4.90 Å². The van der Waals surface area contributed by atoms with Gasteiger partial charge < -0.3 is 9.47 Å². The molecule has 12 aromatic rings. The highest BCUT2D eigenvalue weighted by atomic mass is 15.1. The number of benzene rings is 11. The van der Waals surface area contributed by atoms with Crippen molar-refractivity contribution >= 4 is 38.9 Å². The lowest BCUT2D eigenvalue weighted by molar-refractivity contribution is 1.18. The molecule has 1 aromatic heterocycles. The molecule has 0 N–H and O–H groups in total. The van der Waals surface area contributed by atoms with Gasteiger partial charge in [0.25, 0.3) is 0 Å². The predicted molar refractivity (Wildman–Crippen MR) is 288 cm³/mol. The third-order valence-corrected chi connectivity index (χ3v) is 13.2. The minimum atomic E-state index is 1.06. The maximum Gasteiger partial charge on any atom is 0.0619 e. The van der Waals surface area contributed by atoms with E-state index in [2.05, 4.69) is 289 Å². The van der Waals surface area contributed by atoms with E-state index < -0.39 is 0 Å². The smallest absolute Gasteiger partial charge is 0.0619 e. The second kappa shape index (κ2) is 17.8. The quantitative estimate of drug-likeness (QED) is 0.133. The Kier molecular flexibility index (Phi) is 10.6. The van der Waals surface area contributed by atoms with E-state index in [1.165, 1.54) is 71.9 Å². The molecule has 12 rings (SSSR count). The van der Waals surface area contributed by atoms with E-state index >= 15 is 0 Å². The monoisotopic (exact) mass is 866 g/mol. The first-order chi connectivity index (χ1) is 33.8. The van der Waals surface area contributed by atoms with E-state index in [0.717, 1.165) is 39.4 Å². The van der Waals surface area contributed by atoms with Crippen LogP contribution in [0.4, 0.5) is 17.1 Å². The second-order valence-corrected chi connectivity index (χ2v) is 17.2. The van der Waals surface area contributed by atoms with Gasteiger partial charge in [0.2, 0.25) is 0 Å². The lowest BCUT2D eigenvalue weighted by atomic mass is 9.87. The van der Waals surface area contributed by atoms with Gasteiger partial charge in [-0.1, -0.05) is 224 Å². The molecule has 320 valence electrons. The van der Waals surface area contributed by atoms with Crippen LogP contribution in [0.1, 0.15) is 0 Å². The lowest BCUT2D eigenvalue weighted by Crippen LogP contribution is -2.12. The second-order valence-electron chi connectivity index (χ2n) is 17.2. The fourth-order valence-electron chi connectivity index (χ4n) is 10.1. The predicted octanol–water partition coefficient (Wildman–Crippen LogP) is 18.3. The fraction of sp³-hybridized carbons (Fsp3) is 0. The van der Waals surface area contributed by atoms with E-state index in [9.17, 15) is 0 Å². The van der Waals surface area contributed by atoms with Crippen LogP contribution in [-0.2, 0) is 0 Å². The molecule has 0 aliphatic heterocycles. The molecule has 0 unspecified atom stereocenters. The van der Waals surface area contributed by atoms with E-state index in [0.29, 0.717) is 0 Å². The molecule has 0 saturated carbocycles. The summed E-state index contributed by atoms with van der Waals surface area (Å²) in [5, 5.41) is 2.48. The first-order valence-corrected chi connectivity index (χ1v) is 23.3. The van der Waals surface area contributed by atoms with E-state index in [1.54, 1.807) is 0 Å². The Hall–Kier alpha value is -8.98. The zero-order valence-electron chi connectivity index (χ0n) is 37.5. The first-order valence-electron chi connectivity index (χ1n) is 23.3. The average molecular weight is 867 g/mol. The van der Waals surface area contributed by atoms with Crippen molar-refractivity contribution in [2.45, 2.75) is 0 Å². The van der Waals surface area contributed by atoms with Gasteiger partial charge in [-0.25, -0.2) is 0 Å². The van der Waals surface area contributed by atoms with Crippen molar-refractivity contribution in [3.8, 4) is 72.4 Å². The van der Waals surface area contributed by atoms with Gasteiger partial charge in [0.1, 0.15) is 0 Å². The van der Waals surface area contributed by atoms with Crippen LogP contribution in [0.3, 0.4) is 0 Å². The van der Waals surface area contributed by atoms with Gasteiger partial charge in [0, 0.05) is 39.0 Å². The summed E-state index contributed by atoms with van der Waals surface area (Å²) in [5.74, 6) is 0. The first kappa shape index (κ1) is 40.5. The lowest BCUT2D eigenvalue weighted by Gasteiger charge is -2.30. The summed E-state index contributed by atoms with van der Waals surface area (Å²) in [6, 6.07) is 101. The topological polar surface area (TPSA) is 8.17 Å². The summed E-state index contributed by atoms with van der Waals surface area (Å²) in [6.07, 6.45) is 0. The molecule has 0 amide bonds. The molecule has 0 aliphatic rings. The normalized spacial score (nSPS) is 11.2. The molecule has 2 nitrogen and oxygen atoms in total. The standard InChI is InChI=1S/C66H46N2/c1-5-20-47(21-6-1)52-26-17-27-53(46-52)48-38-42-55(43-39-48)67(64-37-19-33-58(50-24-9-3-10-25-50)65(64)61-32-14-13-30-57(61)49-22-7-2-8-23-49)56-44-40-51(41-45-56)59-34-18-35-62-60-31-15-16-36-63(60)68(66(59)62)54-28-11-4-12-29-54/h1-46H. The minimum Gasteiger partial charge on any atom is -0.310 e. The molecule has 0 radical (unpaired) electrons. The Morgan fingerprint density at radius 2 is 0.691 bits per heavy atom. The molecule has 11 aromatic carbocycles. The van der Waals surface area contributed by atoms with Crippen molar-refractivity contribution in [1.82, 2.24) is 4.57 Å². The largest absolute Gasteiger partial charge is 0.310 e. The third-order valence-electron chi connectivity index (χ3n) is 13.2. The summed E-state index contributed by atoms with van der Waals surface area (Å²) in [6.45, 7) is 0. The Morgan fingerprint density at radius 1 is 0.265 bits per heavy atom. The summed E-state index contributed by atoms with van der Waals surface area (Å²) in [4.78, 5) is 2.44. The van der Waals surface area contributed by atoms with Gasteiger partial charge in [-0.15, -0.1) is 0 Å². The van der Waals surface area contributed by atoms with Crippen molar-refractivity contribution in [3.63, 3.8) is 0 Å². The van der Waals surface area contributed by atoms with E-state index in [4.69, 9.17) is 0 Å². The molecule has 0 saturated heterocycles. The molecular formula is C66H46N2. The number of nitrogens with zero attached hydrogens (tertiary/aromatic N) is 2. The number of fused-ring (bicyclic) bond motifs is 3. The van der Waals surface area contributed by atoms with Crippen LogP contribution in [0, 0.1) is 0 Å². The van der Waals surface area contributed by atoms with E-state index in [-0.39, 0.29) is 0 Å². The number of rotatable bonds is 10. The van der Waals surface area contributed by atoms with Crippen LogP contribution in [0.2, 0.25) is 0 Å². The third kappa shape index (κ3) is 7.45. The van der Waals surface area contributed by atoms with Crippen molar-refractivity contribution in [1.29, 1.82) is 0 Å². The van der Waals surface area contributed by atoms with E-state index in [1.807, 2.05) is 0 Å². The zero-order valence-corrected chi connectivity index (χ0v) is 37.5. The Labute approximate surface area is 397 Å². The van der Waals surface area contributed by atoms with Gasteiger partial charge in [-0.05, 0) is 110 Å². The van der Waals surface area contributed by atoms with Gasteiger partial charge >= 0.3 is 0 Å². The van der Waals surface area contributed by atoms with Crippen LogP contribution in [0.25, 0.3) is 94.3 Å². The van der Waals surface area contributed by atoms with Gasteiger partial charge in [-0.2, -0.15) is 0 Å². The number of aromatic nitrogens is 1. The number of hydrogen-bond donors (Lipinski definition) is 0. The van der Waals surface area contributed by atoms with Crippen LogP contribution in [-0.4, -0.2) is 4.57 Å². The van der Waals surface area contributed by atoms with Gasteiger partial charge in [-0.3, -0.25) is 0 Å². The Morgan fingerprint density at radius 3 is 1.35 bits per heavy atom. The van der Waals surface area contributed by atoms with Crippen molar-refractivity contribution in [3.05, 3.63) is 279 Å². The molecule has 1 heterocycles. The van der Waals surface area contributed by atoms with Crippen molar-refractivity contribution in [2.24, 2.45) is 0 Å². The molecule has 68 heavy (non-hydrogen) atoms. The Balaban J connectivity index is 1.05. The van der Waals surface area contributed by atoms with Gasteiger partial charge in [0.05, 0.1) is 16.7 Å². The number of para-hydroxylation sites is 3. The number of hydrogen-bond acceptors (Lipinski definition) is 1. The summed E-state index contributed by atoms with van der Waals surface area (Å²) in [7, 11) is 0. The molecular weight excluding hydrogens is 821 g/mol. The van der Waals surface area contributed by atoms with Gasteiger partial charge in [0.15, 0.2) is 0 Å². The zero-order chi connectivity index (χ0) is 45.2. The average Bonchev–Trinajstić information content (AvgIpc) is 3.77. The van der Waals surface area contributed by atoms with Crippen LogP contribution in [0.5, 0.6) is 0 Å². The maximum absolute atomic E-state index is 2.44. The molecule has 0 fully saturated rings. The molecule has 0 aliphatic carbocycles. The number of anilines is 3. The molecule has 0 bridgehead atoms. The van der Waals surface area contributed by atoms with Crippen molar-refractivity contribution < 1.29 is 0 Å². The molecule has 0 atom stereocenters. The minimum absolute atomic E-state index is 1.06. The summed E-state index contributed by atoms with van der Waals surface area (Å²) < 4.78 is 2.42.